The molecule has 2 aliphatic rings. The SMILES string of the molecule is Cc1ccc(C(=O)O)c2c1N[C@H](c1ccccc1C(=O)O)[C@@H]1CC=C[C@@H]21. The van der Waals surface area contributed by atoms with Crippen LogP contribution in [0.3, 0.4) is 0 Å². The number of carboxylic acid groups (broad SMARTS) is 2. The first-order valence-electron chi connectivity index (χ1n) is 8.61. The van der Waals surface area contributed by atoms with Crippen molar-refractivity contribution in [3.05, 3.63) is 76.4 Å². The van der Waals surface area contributed by atoms with Gasteiger partial charge in [-0.2, -0.15) is 0 Å². The van der Waals surface area contributed by atoms with Crippen LogP contribution in [0.1, 0.15) is 55.8 Å². The molecule has 2 aromatic rings. The van der Waals surface area contributed by atoms with Gasteiger partial charge in [-0.05, 0) is 48.1 Å². The highest BCUT2D eigenvalue weighted by molar-refractivity contribution is 5.93. The number of fused-ring (bicyclic) bond motifs is 3. The molecule has 0 saturated heterocycles. The average Bonchev–Trinajstić information content (AvgIpc) is 3.11. The molecular formula is C21H19NO4. The Morgan fingerprint density at radius 2 is 1.77 bits per heavy atom. The minimum Gasteiger partial charge on any atom is -0.478 e. The lowest BCUT2D eigenvalue weighted by atomic mass is 9.74. The minimum atomic E-state index is -0.952. The first-order chi connectivity index (χ1) is 12.5. The molecule has 1 heterocycles. The number of carbonyl (C=O) groups is 2. The fourth-order valence-electron chi connectivity index (χ4n) is 4.31. The number of nitrogens with one attached hydrogen (secondary N) is 1. The molecule has 0 radical (unpaired) electrons. The Hall–Kier alpha value is -3.08. The van der Waals surface area contributed by atoms with E-state index in [1.807, 2.05) is 19.1 Å². The van der Waals surface area contributed by atoms with E-state index in [-0.39, 0.29) is 23.4 Å². The first-order valence-corrected chi connectivity index (χ1v) is 8.61. The van der Waals surface area contributed by atoms with Gasteiger partial charge < -0.3 is 15.5 Å². The van der Waals surface area contributed by atoms with Crippen molar-refractivity contribution in [2.24, 2.45) is 5.92 Å². The molecular weight excluding hydrogens is 330 g/mol. The van der Waals surface area contributed by atoms with Gasteiger partial charge in [0.1, 0.15) is 0 Å². The lowest BCUT2D eigenvalue weighted by molar-refractivity contribution is 0.0685. The molecule has 26 heavy (non-hydrogen) atoms. The zero-order chi connectivity index (χ0) is 18.4. The molecule has 0 bridgehead atoms. The van der Waals surface area contributed by atoms with Gasteiger partial charge in [0.05, 0.1) is 17.2 Å². The third kappa shape index (κ3) is 2.39. The van der Waals surface area contributed by atoms with Gasteiger partial charge >= 0.3 is 11.9 Å². The number of rotatable bonds is 3. The predicted octanol–water partition coefficient (Wildman–Crippen LogP) is 4.22. The molecule has 0 unspecified atom stereocenters. The third-order valence-corrected chi connectivity index (χ3v) is 5.48. The van der Waals surface area contributed by atoms with E-state index in [0.717, 1.165) is 28.8 Å². The van der Waals surface area contributed by atoms with Crippen LogP contribution in [0.15, 0.2) is 48.6 Å². The van der Waals surface area contributed by atoms with E-state index in [0.29, 0.717) is 5.56 Å². The van der Waals surface area contributed by atoms with Crippen molar-refractivity contribution in [1.29, 1.82) is 0 Å². The van der Waals surface area contributed by atoms with Gasteiger partial charge in [-0.1, -0.05) is 36.4 Å². The van der Waals surface area contributed by atoms with Gasteiger partial charge in [0, 0.05) is 11.6 Å². The molecule has 0 fully saturated rings. The Morgan fingerprint density at radius 3 is 2.50 bits per heavy atom. The summed E-state index contributed by atoms with van der Waals surface area (Å²) >= 11 is 0. The van der Waals surface area contributed by atoms with Crippen molar-refractivity contribution < 1.29 is 19.8 Å². The summed E-state index contributed by atoms with van der Waals surface area (Å²) < 4.78 is 0. The maximum absolute atomic E-state index is 11.7. The molecule has 0 aromatic heterocycles. The van der Waals surface area contributed by atoms with Crippen LogP contribution in [-0.2, 0) is 0 Å². The molecule has 0 amide bonds. The minimum absolute atomic E-state index is 0.0379. The van der Waals surface area contributed by atoms with Gasteiger partial charge in [0.25, 0.3) is 0 Å². The maximum atomic E-state index is 11.7. The Kier molecular flexibility index (Phi) is 3.80. The fraction of sp³-hybridized carbons (Fsp3) is 0.238. The monoisotopic (exact) mass is 349 g/mol. The number of hydrogen-bond donors (Lipinski definition) is 3. The molecule has 0 spiro atoms. The maximum Gasteiger partial charge on any atom is 0.336 e. The van der Waals surface area contributed by atoms with Crippen molar-refractivity contribution in [3.63, 3.8) is 0 Å². The van der Waals surface area contributed by atoms with Crippen molar-refractivity contribution in [2.45, 2.75) is 25.3 Å². The molecule has 2 aromatic carbocycles. The van der Waals surface area contributed by atoms with E-state index < -0.39 is 11.9 Å². The Morgan fingerprint density at radius 1 is 1.04 bits per heavy atom. The summed E-state index contributed by atoms with van der Waals surface area (Å²) in [6.45, 7) is 1.94. The van der Waals surface area contributed by atoms with Crippen molar-refractivity contribution in [2.75, 3.05) is 5.32 Å². The van der Waals surface area contributed by atoms with Gasteiger partial charge in [0.15, 0.2) is 0 Å². The molecule has 0 saturated carbocycles. The molecule has 1 aliphatic heterocycles. The highest BCUT2D eigenvalue weighted by Gasteiger charge is 2.41. The predicted molar refractivity (Wildman–Crippen MR) is 97.9 cm³/mol. The number of hydrogen-bond acceptors (Lipinski definition) is 3. The molecule has 3 N–H and O–H groups in total. The van der Waals surface area contributed by atoms with Gasteiger partial charge in [-0.15, -0.1) is 0 Å². The number of carboxylic acids is 2. The molecule has 3 atom stereocenters. The van der Waals surface area contributed by atoms with Crippen molar-refractivity contribution >= 4 is 17.6 Å². The van der Waals surface area contributed by atoms with Crippen molar-refractivity contribution in [1.82, 2.24) is 0 Å². The molecule has 1 aliphatic carbocycles. The summed E-state index contributed by atoms with van der Waals surface area (Å²) in [7, 11) is 0. The highest BCUT2D eigenvalue weighted by Crippen LogP contribution is 2.52. The van der Waals surface area contributed by atoms with Crippen LogP contribution in [0.2, 0.25) is 0 Å². The molecule has 5 nitrogen and oxygen atoms in total. The molecule has 5 heteroatoms. The summed E-state index contributed by atoms with van der Waals surface area (Å²) in [4.78, 5) is 23.4. The second-order valence-electron chi connectivity index (χ2n) is 6.89. The highest BCUT2D eigenvalue weighted by atomic mass is 16.4. The Bertz CT molecular complexity index is 947. The fourth-order valence-corrected chi connectivity index (χ4v) is 4.31. The summed E-state index contributed by atoms with van der Waals surface area (Å²) in [5.74, 6) is -1.84. The second kappa shape index (κ2) is 6.02. The second-order valence-corrected chi connectivity index (χ2v) is 6.89. The topological polar surface area (TPSA) is 86.6 Å². The number of allylic oxidation sites excluding steroid dienone is 2. The first kappa shape index (κ1) is 16.4. The summed E-state index contributed by atoms with van der Waals surface area (Å²) in [6.07, 6.45) is 4.91. The zero-order valence-corrected chi connectivity index (χ0v) is 14.3. The van der Waals surface area contributed by atoms with Gasteiger partial charge in [0.2, 0.25) is 0 Å². The smallest absolute Gasteiger partial charge is 0.336 e. The number of aryl methyl sites for hydroxylation is 1. The number of anilines is 1. The summed E-state index contributed by atoms with van der Waals surface area (Å²) in [5, 5.41) is 22.7. The normalized spacial score (nSPS) is 23.0. The zero-order valence-electron chi connectivity index (χ0n) is 14.3. The Balaban J connectivity index is 1.90. The lowest BCUT2D eigenvalue weighted by Gasteiger charge is -2.39. The van der Waals surface area contributed by atoms with Crippen LogP contribution < -0.4 is 5.32 Å². The molecule has 4 rings (SSSR count). The van der Waals surface area contributed by atoms with E-state index >= 15 is 0 Å². The van der Waals surface area contributed by atoms with E-state index in [1.165, 1.54) is 0 Å². The molecule has 132 valence electrons. The van der Waals surface area contributed by atoms with Crippen LogP contribution >= 0.6 is 0 Å². The van der Waals surface area contributed by atoms with Crippen LogP contribution in [-0.4, -0.2) is 22.2 Å². The largest absolute Gasteiger partial charge is 0.478 e. The van der Waals surface area contributed by atoms with Crippen molar-refractivity contribution in [3.8, 4) is 0 Å². The number of aromatic carboxylic acids is 2. The van der Waals surface area contributed by atoms with E-state index in [9.17, 15) is 19.8 Å². The lowest BCUT2D eigenvalue weighted by Crippen LogP contribution is -2.32. The number of benzene rings is 2. The van der Waals surface area contributed by atoms with Crippen LogP contribution in [0.5, 0.6) is 0 Å². The van der Waals surface area contributed by atoms with Crippen LogP contribution in [0.25, 0.3) is 0 Å². The van der Waals surface area contributed by atoms with E-state index in [4.69, 9.17) is 0 Å². The van der Waals surface area contributed by atoms with Gasteiger partial charge in [-0.25, -0.2) is 9.59 Å². The van der Waals surface area contributed by atoms with E-state index in [1.54, 1.807) is 24.3 Å². The summed E-state index contributed by atoms with van der Waals surface area (Å²) in [6, 6.07) is 10.3. The third-order valence-electron chi connectivity index (χ3n) is 5.48. The summed E-state index contributed by atoms with van der Waals surface area (Å²) in [5.41, 5.74) is 3.91. The average molecular weight is 349 g/mol. The van der Waals surface area contributed by atoms with Crippen LogP contribution in [0, 0.1) is 12.8 Å². The van der Waals surface area contributed by atoms with Gasteiger partial charge in [-0.3, -0.25) is 0 Å². The standard InChI is InChI=1S/C21H19NO4/c1-11-9-10-16(21(25)26)17-12-7-4-8-13(12)19(22-18(11)17)14-5-2-3-6-15(14)20(23)24/h2-7,9-10,12-13,19,22H,8H2,1H3,(H,23,24)(H,25,26)/t12-,13-,19+/m1/s1. The quantitative estimate of drug-likeness (QED) is 0.722. The van der Waals surface area contributed by atoms with E-state index in [2.05, 4.69) is 17.5 Å². The Labute approximate surface area is 151 Å². The van der Waals surface area contributed by atoms with Crippen LogP contribution in [0.4, 0.5) is 5.69 Å².